The van der Waals surface area contributed by atoms with Gasteiger partial charge >= 0.3 is 0 Å². The number of rotatable bonds is 3. The van der Waals surface area contributed by atoms with Crippen LogP contribution in [0.3, 0.4) is 0 Å². The smallest absolute Gasteiger partial charge is 0.250 e. The highest BCUT2D eigenvalue weighted by atomic mass is 16.3. The predicted octanol–water partition coefficient (Wildman–Crippen LogP) is 1.29. The predicted molar refractivity (Wildman–Crippen MR) is 120 cm³/mol. The topological polar surface area (TPSA) is 101 Å². The van der Waals surface area contributed by atoms with Gasteiger partial charge in [0.15, 0.2) is 5.82 Å². The van der Waals surface area contributed by atoms with Crippen molar-refractivity contribution in [1.82, 2.24) is 19.7 Å². The van der Waals surface area contributed by atoms with Crippen LogP contribution in [0.15, 0.2) is 53.5 Å². The number of hydrogen-bond donors (Lipinski definition) is 2. The van der Waals surface area contributed by atoms with Crippen molar-refractivity contribution in [3.05, 3.63) is 59.0 Å². The fourth-order valence-electron chi connectivity index (χ4n) is 4.83. The average molecular weight is 419 g/mol. The van der Waals surface area contributed by atoms with Crippen LogP contribution in [0.4, 0.5) is 5.82 Å². The molecule has 8 heteroatoms. The van der Waals surface area contributed by atoms with Crippen molar-refractivity contribution in [2.45, 2.75) is 5.54 Å². The maximum Gasteiger partial charge on any atom is 0.250 e. The van der Waals surface area contributed by atoms with E-state index in [-0.39, 0.29) is 16.8 Å². The molecule has 0 radical (unpaired) electrons. The summed E-state index contributed by atoms with van der Waals surface area (Å²) in [5.74, 6) is 1.34. The van der Waals surface area contributed by atoms with Crippen LogP contribution in [-0.2, 0) is 7.05 Å². The van der Waals surface area contributed by atoms with Crippen molar-refractivity contribution in [3.63, 3.8) is 0 Å². The molecular weight excluding hydrogens is 392 g/mol. The summed E-state index contributed by atoms with van der Waals surface area (Å²) in [6, 6.07) is 12.5. The normalized spacial score (nSPS) is 23.3. The summed E-state index contributed by atoms with van der Waals surface area (Å²) in [5, 5.41) is 19.4. The molecule has 3 N–H and O–H groups in total. The first kappa shape index (κ1) is 19.7. The second-order valence-corrected chi connectivity index (χ2v) is 8.88. The van der Waals surface area contributed by atoms with E-state index in [2.05, 4.69) is 27.0 Å². The Labute approximate surface area is 180 Å². The lowest BCUT2D eigenvalue weighted by molar-refractivity contribution is 0.373. The van der Waals surface area contributed by atoms with E-state index < -0.39 is 0 Å². The van der Waals surface area contributed by atoms with Gasteiger partial charge in [-0.3, -0.25) is 4.79 Å². The van der Waals surface area contributed by atoms with Crippen molar-refractivity contribution >= 4 is 5.82 Å². The highest BCUT2D eigenvalue weighted by Gasteiger charge is 2.49. The van der Waals surface area contributed by atoms with Crippen LogP contribution < -0.4 is 16.2 Å². The molecule has 2 aliphatic heterocycles. The number of phenolic OH excluding ortho intramolecular Hbond substituents is 1. The molecule has 0 aliphatic carbocycles. The first-order valence-electron chi connectivity index (χ1n) is 10.4. The van der Waals surface area contributed by atoms with Gasteiger partial charge in [0.1, 0.15) is 5.75 Å². The van der Waals surface area contributed by atoms with E-state index in [1.54, 1.807) is 31.4 Å². The fraction of sp³-hybridized carbons (Fsp3) is 0.348. The van der Waals surface area contributed by atoms with Gasteiger partial charge in [0.2, 0.25) is 0 Å². The number of likely N-dealkylation sites (N-methyl/N-ethyl adjacent to an activating group) is 1. The van der Waals surface area contributed by atoms with Crippen LogP contribution in [0.5, 0.6) is 5.75 Å². The number of pyridine rings is 1. The molecule has 2 saturated heterocycles. The molecule has 2 aromatic heterocycles. The number of aryl methyl sites for hydroxylation is 1. The zero-order chi connectivity index (χ0) is 21.8. The Morgan fingerprint density at radius 1 is 1.03 bits per heavy atom. The lowest BCUT2D eigenvalue weighted by atomic mass is 9.92. The summed E-state index contributed by atoms with van der Waals surface area (Å²) < 4.78 is 1.51. The number of likely N-dealkylation sites (tertiary alicyclic amines) is 1. The molecule has 31 heavy (non-hydrogen) atoms. The largest absolute Gasteiger partial charge is 0.507 e. The van der Waals surface area contributed by atoms with Crippen molar-refractivity contribution in [2.75, 3.05) is 38.1 Å². The van der Waals surface area contributed by atoms with Gasteiger partial charge in [-0.25, -0.2) is 0 Å². The van der Waals surface area contributed by atoms with E-state index in [0.29, 0.717) is 17.2 Å². The molecule has 0 bridgehead atoms. The fourth-order valence-corrected chi connectivity index (χ4v) is 4.83. The van der Waals surface area contributed by atoms with Crippen LogP contribution in [0.1, 0.15) is 0 Å². The molecule has 3 aromatic rings. The Kier molecular flexibility index (Phi) is 4.56. The van der Waals surface area contributed by atoms with Gasteiger partial charge in [0, 0.05) is 57.0 Å². The highest BCUT2D eigenvalue weighted by molar-refractivity contribution is 5.74. The molecule has 2 aliphatic rings. The molecule has 0 unspecified atom stereocenters. The van der Waals surface area contributed by atoms with Crippen molar-refractivity contribution < 1.29 is 5.11 Å². The Hall–Kier alpha value is -3.23. The van der Waals surface area contributed by atoms with Crippen LogP contribution in [-0.4, -0.2) is 63.5 Å². The van der Waals surface area contributed by atoms with Gasteiger partial charge in [-0.2, -0.15) is 0 Å². The molecular formula is C23H26N6O2. The molecule has 2 fully saturated rings. The second-order valence-electron chi connectivity index (χ2n) is 8.88. The van der Waals surface area contributed by atoms with Crippen LogP contribution >= 0.6 is 0 Å². The third-order valence-electron chi connectivity index (χ3n) is 6.52. The molecule has 4 heterocycles. The molecule has 160 valence electrons. The van der Waals surface area contributed by atoms with Crippen LogP contribution in [0.2, 0.25) is 0 Å². The van der Waals surface area contributed by atoms with Gasteiger partial charge in [-0.15, -0.1) is 10.2 Å². The number of anilines is 1. The maximum absolute atomic E-state index is 11.9. The van der Waals surface area contributed by atoms with E-state index in [4.69, 9.17) is 5.73 Å². The number of benzene rings is 1. The third kappa shape index (κ3) is 3.47. The summed E-state index contributed by atoms with van der Waals surface area (Å²) in [6.45, 7) is 3.55. The van der Waals surface area contributed by atoms with Crippen molar-refractivity contribution in [1.29, 1.82) is 0 Å². The number of nitrogens with zero attached hydrogens (tertiary/aromatic N) is 5. The Morgan fingerprint density at radius 2 is 1.84 bits per heavy atom. The van der Waals surface area contributed by atoms with Crippen LogP contribution in [0.25, 0.3) is 22.4 Å². The maximum atomic E-state index is 11.9. The quantitative estimate of drug-likeness (QED) is 0.661. The van der Waals surface area contributed by atoms with Crippen molar-refractivity contribution in [3.8, 4) is 28.1 Å². The number of aromatic nitrogens is 3. The second kappa shape index (κ2) is 7.18. The molecule has 1 aromatic carbocycles. The summed E-state index contributed by atoms with van der Waals surface area (Å²) in [4.78, 5) is 16.4. The summed E-state index contributed by atoms with van der Waals surface area (Å²) in [5.41, 5.74) is 9.05. The summed E-state index contributed by atoms with van der Waals surface area (Å²) in [6.07, 6.45) is 1.71. The molecule has 2 atom stereocenters. The molecule has 0 amide bonds. The zero-order valence-electron chi connectivity index (χ0n) is 17.7. The number of phenols is 1. The van der Waals surface area contributed by atoms with Crippen molar-refractivity contribution in [2.24, 2.45) is 18.7 Å². The number of aromatic hydroxyl groups is 1. The SMILES string of the molecule is CN1C[C@H]2CN(c3ccc(-c4ccc(-c5ccn(C)c(=O)c5)cc4O)nn3)C[C@@]2(N)C1. The first-order valence-corrected chi connectivity index (χ1v) is 10.4. The van der Waals surface area contributed by atoms with Gasteiger partial charge < -0.3 is 25.2 Å². The Morgan fingerprint density at radius 3 is 2.52 bits per heavy atom. The van der Waals surface area contributed by atoms with Gasteiger partial charge in [-0.1, -0.05) is 6.07 Å². The number of hydrogen-bond acceptors (Lipinski definition) is 7. The van der Waals surface area contributed by atoms with E-state index >= 15 is 0 Å². The minimum Gasteiger partial charge on any atom is -0.507 e. The highest BCUT2D eigenvalue weighted by Crippen LogP contribution is 2.35. The average Bonchev–Trinajstić information content (AvgIpc) is 3.20. The lowest BCUT2D eigenvalue weighted by Crippen LogP contribution is -2.48. The van der Waals surface area contributed by atoms with Gasteiger partial charge in [0.05, 0.1) is 11.2 Å². The van der Waals surface area contributed by atoms with E-state index in [1.807, 2.05) is 24.3 Å². The van der Waals surface area contributed by atoms with E-state index in [0.717, 1.165) is 43.1 Å². The van der Waals surface area contributed by atoms with Gasteiger partial charge in [0.25, 0.3) is 5.56 Å². The Balaban J connectivity index is 1.36. The summed E-state index contributed by atoms with van der Waals surface area (Å²) in [7, 11) is 3.82. The minimum atomic E-state index is -0.193. The molecule has 5 rings (SSSR count). The lowest BCUT2D eigenvalue weighted by Gasteiger charge is -2.24. The van der Waals surface area contributed by atoms with Crippen LogP contribution in [0, 0.1) is 5.92 Å². The molecule has 0 spiro atoms. The van der Waals surface area contributed by atoms with E-state index in [9.17, 15) is 9.90 Å². The zero-order valence-corrected chi connectivity index (χ0v) is 17.7. The number of nitrogens with two attached hydrogens (primary N) is 1. The number of fused-ring (bicyclic) bond motifs is 1. The molecule has 0 saturated carbocycles. The molecule has 8 nitrogen and oxygen atoms in total. The first-order chi connectivity index (χ1) is 14.8. The monoisotopic (exact) mass is 418 g/mol. The Bertz CT molecular complexity index is 1190. The van der Waals surface area contributed by atoms with E-state index in [1.165, 1.54) is 4.57 Å². The third-order valence-corrected chi connectivity index (χ3v) is 6.52. The standard InChI is InChI=1S/C23H26N6O2/c1-27-11-17-12-29(14-23(17,24)13-27)21-6-5-19(25-26-21)18-4-3-15(9-20(18)30)16-7-8-28(2)22(31)10-16/h3-10,17,30H,11-14,24H2,1-2H3/t17-,23-/m0/s1. The minimum absolute atomic E-state index is 0.0971. The van der Waals surface area contributed by atoms with Gasteiger partial charge in [-0.05, 0) is 48.5 Å². The summed E-state index contributed by atoms with van der Waals surface area (Å²) >= 11 is 0.